The average Bonchev–Trinajstić information content (AvgIpc) is 3.22. The molecule has 27 heavy (non-hydrogen) atoms. The van der Waals surface area contributed by atoms with Gasteiger partial charge >= 0.3 is 0 Å². The highest BCUT2D eigenvalue weighted by atomic mass is 32.2. The maximum absolute atomic E-state index is 13.1. The Balaban J connectivity index is 1.87. The van der Waals surface area contributed by atoms with E-state index >= 15 is 0 Å². The van der Waals surface area contributed by atoms with Crippen LogP contribution in [-0.2, 0) is 16.6 Å². The molecular formula is C21H26N2O3S. The zero-order valence-corrected chi connectivity index (χ0v) is 16.7. The first-order valence-electron chi connectivity index (χ1n) is 9.34. The fourth-order valence-corrected chi connectivity index (χ4v) is 4.87. The van der Waals surface area contributed by atoms with Crippen LogP contribution >= 0.6 is 0 Å². The summed E-state index contributed by atoms with van der Waals surface area (Å²) in [4.78, 5) is 15.1. The average molecular weight is 387 g/mol. The van der Waals surface area contributed by atoms with Crippen molar-refractivity contribution in [2.45, 2.75) is 44.2 Å². The van der Waals surface area contributed by atoms with Crippen LogP contribution in [-0.4, -0.2) is 42.7 Å². The van der Waals surface area contributed by atoms with Gasteiger partial charge < -0.3 is 4.90 Å². The molecule has 1 aliphatic rings. The molecule has 0 saturated carbocycles. The number of hydrogen-bond acceptors (Lipinski definition) is 3. The van der Waals surface area contributed by atoms with E-state index in [4.69, 9.17) is 0 Å². The van der Waals surface area contributed by atoms with Crippen molar-refractivity contribution in [3.8, 4) is 0 Å². The Morgan fingerprint density at radius 2 is 1.70 bits per heavy atom. The smallest absolute Gasteiger partial charge is 0.254 e. The second-order valence-corrected chi connectivity index (χ2v) is 9.09. The minimum atomic E-state index is -3.54. The second kappa shape index (κ2) is 8.23. The Morgan fingerprint density at radius 3 is 2.33 bits per heavy atom. The fraction of sp³-hybridized carbons (Fsp3) is 0.381. The van der Waals surface area contributed by atoms with E-state index in [-0.39, 0.29) is 16.8 Å². The van der Waals surface area contributed by atoms with Gasteiger partial charge in [-0.3, -0.25) is 4.79 Å². The molecule has 1 aliphatic heterocycles. The zero-order chi connectivity index (χ0) is 19.4. The molecule has 3 rings (SSSR count). The first kappa shape index (κ1) is 19.6. The maximum Gasteiger partial charge on any atom is 0.254 e. The van der Waals surface area contributed by atoms with Gasteiger partial charge in [-0.1, -0.05) is 36.4 Å². The highest BCUT2D eigenvalue weighted by molar-refractivity contribution is 7.89. The molecule has 1 amide bonds. The normalized spacial score (nSPS) is 15.2. The lowest BCUT2D eigenvalue weighted by Crippen LogP contribution is -2.36. The van der Waals surface area contributed by atoms with Gasteiger partial charge in [-0.2, -0.15) is 4.31 Å². The first-order valence-corrected chi connectivity index (χ1v) is 10.8. The van der Waals surface area contributed by atoms with E-state index in [1.165, 1.54) is 10.4 Å². The molecule has 144 valence electrons. The van der Waals surface area contributed by atoms with Crippen LogP contribution in [0, 0.1) is 0 Å². The van der Waals surface area contributed by atoms with Crippen molar-refractivity contribution in [1.29, 1.82) is 0 Å². The molecule has 0 bridgehead atoms. The summed E-state index contributed by atoms with van der Waals surface area (Å²) in [5.41, 5.74) is 1.44. The van der Waals surface area contributed by atoms with Crippen molar-refractivity contribution < 1.29 is 13.2 Å². The van der Waals surface area contributed by atoms with Crippen molar-refractivity contribution in [3.63, 3.8) is 0 Å². The fourth-order valence-electron chi connectivity index (χ4n) is 3.30. The monoisotopic (exact) mass is 386 g/mol. The highest BCUT2D eigenvalue weighted by Crippen LogP contribution is 2.23. The Labute approximate surface area is 161 Å². The molecule has 0 N–H and O–H groups in total. The van der Waals surface area contributed by atoms with Gasteiger partial charge in [0.15, 0.2) is 0 Å². The van der Waals surface area contributed by atoms with E-state index in [2.05, 4.69) is 0 Å². The number of hydrogen-bond donors (Lipinski definition) is 0. The molecule has 5 nitrogen and oxygen atoms in total. The van der Waals surface area contributed by atoms with Gasteiger partial charge in [-0.25, -0.2) is 8.42 Å². The molecule has 1 saturated heterocycles. The number of rotatable bonds is 6. The van der Waals surface area contributed by atoms with Crippen LogP contribution in [0.15, 0.2) is 59.5 Å². The van der Waals surface area contributed by atoms with Crippen LogP contribution in [0.4, 0.5) is 0 Å². The van der Waals surface area contributed by atoms with Gasteiger partial charge in [0.25, 0.3) is 5.91 Å². The van der Waals surface area contributed by atoms with Crippen LogP contribution in [0.1, 0.15) is 42.6 Å². The Morgan fingerprint density at radius 1 is 1.04 bits per heavy atom. The van der Waals surface area contributed by atoms with Crippen molar-refractivity contribution in [2.75, 3.05) is 13.1 Å². The van der Waals surface area contributed by atoms with Crippen LogP contribution in [0.2, 0.25) is 0 Å². The molecule has 1 fully saturated rings. The van der Waals surface area contributed by atoms with E-state index in [1.807, 2.05) is 44.2 Å². The standard InChI is InChI=1S/C21H26N2O3S/c1-17(2)23(16-18-9-4-3-5-10-18)21(24)19-11-8-12-20(15-19)27(25,26)22-13-6-7-14-22/h3-5,8-12,15,17H,6-7,13-14,16H2,1-2H3. The third-order valence-corrected chi connectivity index (χ3v) is 6.76. The van der Waals surface area contributed by atoms with Crippen LogP contribution < -0.4 is 0 Å². The van der Waals surface area contributed by atoms with E-state index in [0.29, 0.717) is 25.2 Å². The molecule has 2 aromatic carbocycles. The lowest BCUT2D eigenvalue weighted by atomic mass is 10.1. The molecule has 0 spiro atoms. The second-order valence-electron chi connectivity index (χ2n) is 7.15. The van der Waals surface area contributed by atoms with Crippen molar-refractivity contribution >= 4 is 15.9 Å². The molecule has 0 aromatic heterocycles. The highest BCUT2D eigenvalue weighted by Gasteiger charge is 2.28. The van der Waals surface area contributed by atoms with Crippen molar-refractivity contribution in [2.24, 2.45) is 0 Å². The summed E-state index contributed by atoms with van der Waals surface area (Å²) in [5.74, 6) is -0.160. The zero-order valence-electron chi connectivity index (χ0n) is 15.8. The molecule has 0 atom stereocenters. The number of amides is 1. The number of carbonyl (C=O) groups excluding carboxylic acids is 1. The van der Waals surface area contributed by atoms with Gasteiger partial charge in [0.05, 0.1) is 4.90 Å². The Bertz CT molecular complexity index is 889. The van der Waals surface area contributed by atoms with Crippen LogP contribution in [0.25, 0.3) is 0 Å². The molecule has 6 heteroatoms. The van der Waals surface area contributed by atoms with E-state index < -0.39 is 10.0 Å². The topological polar surface area (TPSA) is 57.7 Å². The molecule has 0 radical (unpaired) electrons. The summed E-state index contributed by atoms with van der Waals surface area (Å²) in [5, 5.41) is 0. The van der Waals surface area contributed by atoms with Gasteiger partial charge in [-0.15, -0.1) is 0 Å². The predicted octanol–water partition coefficient (Wildman–Crippen LogP) is 3.52. The minimum Gasteiger partial charge on any atom is -0.332 e. The predicted molar refractivity (Wildman–Crippen MR) is 106 cm³/mol. The summed E-state index contributed by atoms with van der Waals surface area (Å²) in [6.07, 6.45) is 1.77. The number of nitrogens with zero attached hydrogens (tertiary/aromatic N) is 2. The lowest BCUT2D eigenvalue weighted by Gasteiger charge is -2.27. The maximum atomic E-state index is 13.1. The van der Waals surface area contributed by atoms with E-state index in [1.54, 1.807) is 23.1 Å². The quantitative estimate of drug-likeness (QED) is 0.763. The Hall–Kier alpha value is -2.18. The van der Waals surface area contributed by atoms with Gasteiger partial charge in [-0.05, 0) is 50.5 Å². The lowest BCUT2D eigenvalue weighted by molar-refractivity contribution is 0.0690. The largest absolute Gasteiger partial charge is 0.332 e. The van der Waals surface area contributed by atoms with Crippen molar-refractivity contribution in [1.82, 2.24) is 9.21 Å². The number of benzene rings is 2. The number of carbonyl (C=O) groups is 1. The van der Waals surface area contributed by atoms with Gasteiger partial charge in [0.2, 0.25) is 10.0 Å². The van der Waals surface area contributed by atoms with Crippen LogP contribution in [0.5, 0.6) is 0 Å². The number of sulfonamides is 1. The molecule has 0 aliphatic carbocycles. The summed E-state index contributed by atoms with van der Waals surface area (Å²) in [6.45, 7) is 5.51. The summed E-state index contributed by atoms with van der Waals surface area (Å²) >= 11 is 0. The SMILES string of the molecule is CC(C)N(Cc1ccccc1)C(=O)c1cccc(S(=O)(=O)N2CCCC2)c1. The molecule has 0 unspecified atom stereocenters. The molecular weight excluding hydrogens is 360 g/mol. The molecule has 1 heterocycles. The Kier molecular flexibility index (Phi) is 5.97. The van der Waals surface area contributed by atoms with Gasteiger partial charge in [0.1, 0.15) is 0 Å². The molecule has 2 aromatic rings. The summed E-state index contributed by atoms with van der Waals surface area (Å²) in [7, 11) is -3.54. The van der Waals surface area contributed by atoms with E-state index in [0.717, 1.165) is 18.4 Å². The summed E-state index contributed by atoms with van der Waals surface area (Å²) < 4.78 is 27.1. The van der Waals surface area contributed by atoms with Crippen molar-refractivity contribution in [3.05, 3.63) is 65.7 Å². The first-order chi connectivity index (χ1) is 12.9. The third kappa shape index (κ3) is 4.39. The van der Waals surface area contributed by atoms with E-state index in [9.17, 15) is 13.2 Å². The third-order valence-electron chi connectivity index (χ3n) is 4.86. The van der Waals surface area contributed by atoms with Gasteiger partial charge in [0, 0.05) is 31.2 Å². The van der Waals surface area contributed by atoms with Crippen LogP contribution in [0.3, 0.4) is 0 Å². The summed E-state index contributed by atoms with van der Waals surface area (Å²) in [6, 6.07) is 16.2. The minimum absolute atomic E-state index is 0.00319.